The third-order valence-electron chi connectivity index (χ3n) is 5.43. The van der Waals surface area contributed by atoms with E-state index in [2.05, 4.69) is 17.4 Å². The van der Waals surface area contributed by atoms with Crippen LogP contribution in [-0.2, 0) is 21.2 Å². The normalized spacial score (nSPS) is 16.9. The van der Waals surface area contributed by atoms with Gasteiger partial charge in [0, 0.05) is 30.1 Å². The first-order valence-electron chi connectivity index (χ1n) is 10.1. The van der Waals surface area contributed by atoms with E-state index in [1.807, 2.05) is 25.1 Å². The fraction of sp³-hybridized carbons (Fsp3) is 0.409. The summed E-state index contributed by atoms with van der Waals surface area (Å²) in [6.45, 7) is 2.56. The zero-order chi connectivity index (χ0) is 21.7. The minimum Gasteiger partial charge on any atom is -0.353 e. The Labute approximate surface area is 188 Å². The molecule has 0 spiro atoms. The van der Waals surface area contributed by atoms with Crippen LogP contribution in [0.5, 0.6) is 0 Å². The molecule has 1 heterocycles. The Kier molecular flexibility index (Phi) is 7.80. The van der Waals surface area contributed by atoms with E-state index in [9.17, 15) is 13.2 Å². The van der Waals surface area contributed by atoms with Crippen molar-refractivity contribution in [3.63, 3.8) is 0 Å². The van der Waals surface area contributed by atoms with E-state index in [0.29, 0.717) is 17.9 Å². The molecule has 1 aliphatic rings. The van der Waals surface area contributed by atoms with Crippen LogP contribution in [0.4, 0.5) is 0 Å². The number of carbonyl (C=O) groups is 1. The van der Waals surface area contributed by atoms with Crippen molar-refractivity contribution < 1.29 is 13.2 Å². The summed E-state index contributed by atoms with van der Waals surface area (Å²) in [6.07, 6.45) is 2.72. The maximum Gasteiger partial charge on any atom is 0.244 e. The molecule has 2 aromatic rings. The van der Waals surface area contributed by atoms with Gasteiger partial charge < -0.3 is 5.32 Å². The van der Waals surface area contributed by atoms with Crippen molar-refractivity contribution in [2.75, 3.05) is 13.1 Å². The number of aryl methyl sites for hydroxylation is 1. The Bertz CT molecular complexity index is 975. The van der Waals surface area contributed by atoms with Crippen LogP contribution in [0.3, 0.4) is 0 Å². The monoisotopic (exact) mass is 468 g/mol. The Morgan fingerprint density at radius 3 is 2.47 bits per heavy atom. The van der Waals surface area contributed by atoms with E-state index in [1.165, 1.54) is 22.0 Å². The molecule has 1 fully saturated rings. The number of carbonyl (C=O) groups excluding carboxylic acids is 1. The van der Waals surface area contributed by atoms with Crippen LogP contribution in [-0.4, -0.2) is 37.8 Å². The van der Waals surface area contributed by atoms with Crippen molar-refractivity contribution in [1.82, 2.24) is 9.62 Å². The summed E-state index contributed by atoms with van der Waals surface area (Å²) in [5.41, 5.74) is 1.25. The lowest BCUT2D eigenvalue weighted by Crippen LogP contribution is -2.44. The molecule has 8 heteroatoms. The van der Waals surface area contributed by atoms with Gasteiger partial charge in [-0.2, -0.15) is 4.31 Å². The van der Waals surface area contributed by atoms with Crippen molar-refractivity contribution in [2.24, 2.45) is 5.92 Å². The van der Waals surface area contributed by atoms with Crippen LogP contribution in [0.15, 0.2) is 53.4 Å². The molecular formula is C22H26Cl2N2O3S. The second kappa shape index (κ2) is 10.1. The van der Waals surface area contributed by atoms with E-state index in [4.69, 9.17) is 23.2 Å². The van der Waals surface area contributed by atoms with Crippen molar-refractivity contribution in [3.05, 3.63) is 64.1 Å². The molecule has 1 atom stereocenters. The minimum atomic E-state index is -3.74. The third kappa shape index (κ3) is 5.76. The first kappa shape index (κ1) is 23.1. The first-order valence-corrected chi connectivity index (χ1v) is 12.3. The van der Waals surface area contributed by atoms with Gasteiger partial charge >= 0.3 is 0 Å². The van der Waals surface area contributed by atoms with Gasteiger partial charge in [-0.25, -0.2) is 8.42 Å². The van der Waals surface area contributed by atoms with Crippen LogP contribution in [0, 0.1) is 5.92 Å². The van der Waals surface area contributed by atoms with E-state index in [0.717, 1.165) is 12.8 Å². The Morgan fingerprint density at radius 2 is 1.80 bits per heavy atom. The number of nitrogens with zero attached hydrogens (tertiary/aromatic N) is 1. The molecule has 5 nitrogen and oxygen atoms in total. The molecule has 30 heavy (non-hydrogen) atoms. The molecule has 0 aromatic heterocycles. The van der Waals surface area contributed by atoms with Gasteiger partial charge in [0.25, 0.3) is 0 Å². The highest BCUT2D eigenvalue weighted by molar-refractivity contribution is 7.89. The van der Waals surface area contributed by atoms with Gasteiger partial charge in [-0.15, -0.1) is 0 Å². The Morgan fingerprint density at radius 1 is 1.13 bits per heavy atom. The highest BCUT2D eigenvalue weighted by atomic mass is 35.5. The van der Waals surface area contributed by atoms with E-state index < -0.39 is 10.0 Å². The molecule has 0 bridgehead atoms. The lowest BCUT2D eigenvalue weighted by atomic mass is 9.96. The Hall–Kier alpha value is -1.60. The topological polar surface area (TPSA) is 66.5 Å². The van der Waals surface area contributed by atoms with Gasteiger partial charge in [0.15, 0.2) is 0 Å². The molecule has 2 aromatic carbocycles. The number of hydrogen-bond donors (Lipinski definition) is 1. The Balaban J connectivity index is 1.52. The average molecular weight is 469 g/mol. The summed E-state index contributed by atoms with van der Waals surface area (Å²) in [4.78, 5) is 12.6. The molecule has 3 rings (SSSR count). The van der Waals surface area contributed by atoms with E-state index in [1.54, 1.807) is 6.07 Å². The van der Waals surface area contributed by atoms with E-state index in [-0.39, 0.29) is 40.9 Å². The number of sulfonamides is 1. The predicted molar refractivity (Wildman–Crippen MR) is 120 cm³/mol. The van der Waals surface area contributed by atoms with Gasteiger partial charge in [-0.3, -0.25) is 4.79 Å². The summed E-state index contributed by atoms with van der Waals surface area (Å²) in [6, 6.07) is 14.6. The van der Waals surface area contributed by atoms with Crippen LogP contribution in [0.1, 0.15) is 31.7 Å². The van der Waals surface area contributed by atoms with Crippen LogP contribution >= 0.6 is 23.2 Å². The number of amides is 1. The highest BCUT2D eigenvalue weighted by Gasteiger charge is 2.33. The summed E-state index contributed by atoms with van der Waals surface area (Å²) in [7, 11) is -3.74. The number of nitrogens with one attached hydrogen (secondary N) is 1. The molecule has 0 radical (unpaired) electrons. The van der Waals surface area contributed by atoms with Gasteiger partial charge in [0.1, 0.15) is 4.90 Å². The van der Waals surface area contributed by atoms with Crippen LogP contribution in [0.25, 0.3) is 0 Å². The SMILES string of the molecule is CC(CCc1ccccc1)NC(=O)C1CCN(S(=O)(=O)c2cc(Cl)ccc2Cl)CC1. The van der Waals surface area contributed by atoms with Crippen LogP contribution < -0.4 is 5.32 Å². The molecule has 1 aliphatic heterocycles. The molecule has 1 N–H and O–H groups in total. The zero-order valence-electron chi connectivity index (χ0n) is 16.9. The number of halogens is 2. The third-order valence-corrected chi connectivity index (χ3v) is 8.05. The second-order valence-electron chi connectivity index (χ2n) is 7.69. The molecule has 1 saturated heterocycles. The largest absolute Gasteiger partial charge is 0.353 e. The average Bonchev–Trinajstić information content (AvgIpc) is 2.74. The van der Waals surface area contributed by atoms with Crippen molar-refractivity contribution in [3.8, 4) is 0 Å². The number of rotatable bonds is 7. The quantitative estimate of drug-likeness (QED) is 0.648. The van der Waals surface area contributed by atoms with Gasteiger partial charge in [0.2, 0.25) is 15.9 Å². The van der Waals surface area contributed by atoms with Gasteiger partial charge in [-0.1, -0.05) is 53.5 Å². The maximum absolute atomic E-state index is 12.9. The summed E-state index contributed by atoms with van der Waals surface area (Å²) in [5, 5.41) is 3.54. The lowest BCUT2D eigenvalue weighted by molar-refractivity contribution is -0.126. The highest BCUT2D eigenvalue weighted by Crippen LogP contribution is 2.30. The second-order valence-corrected chi connectivity index (χ2v) is 10.4. The number of hydrogen-bond acceptors (Lipinski definition) is 3. The molecule has 0 saturated carbocycles. The van der Waals surface area contributed by atoms with Crippen molar-refractivity contribution in [2.45, 2.75) is 43.5 Å². The van der Waals surface area contributed by atoms with Gasteiger partial charge in [-0.05, 0) is 56.4 Å². The van der Waals surface area contributed by atoms with Gasteiger partial charge in [0.05, 0.1) is 5.02 Å². The fourth-order valence-corrected chi connectivity index (χ4v) is 5.84. The molecule has 1 amide bonds. The molecule has 0 aliphatic carbocycles. The van der Waals surface area contributed by atoms with E-state index >= 15 is 0 Å². The summed E-state index contributed by atoms with van der Waals surface area (Å²) >= 11 is 12.0. The minimum absolute atomic E-state index is 0.00611. The molecule has 162 valence electrons. The first-order chi connectivity index (χ1) is 14.3. The standard InChI is InChI=1S/C22H26Cl2N2O3S/c1-16(7-8-17-5-3-2-4-6-17)25-22(27)18-11-13-26(14-12-18)30(28,29)21-15-19(23)9-10-20(21)24/h2-6,9-10,15-16,18H,7-8,11-14H2,1H3,(H,25,27). The zero-order valence-corrected chi connectivity index (χ0v) is 19.2. The lowest BCUT2D eigenvalue weighted by Gasteiger charge is -2.31. The molecular weight excluding hydrogens is 443 g/mol. The smallest absolute Gasteiger partial charge is 0.244 e. The van der Waals surface area contributed by atoms with Crippen LogP contribution in [0.2, 0.25) is 10.0 Å². The number of benzene rings is 2. The predicted octanol–water partition coefficient (Wildman–Crippen LogP) is 4.53. The number of piperidine rings is 1. The molecule has 1 unspecified atom stereocenters. The maximum atomic E-state index is 12.9. The fourth-order valence-electron chi connectivity index (χ4n) is 3.63. The summed E-state index contributed by atoms with van der Waals surface area (Å²) < 4.78 is 27.2. The summed E-state index contributed by atoms with van der Waals surface area (Å²) in [5.74, 6) is -0.196. The van der Waals surface area contributed by atoms with Crippen molar-refractivity contribution in [1.29, 1.82) is 0 Å². The van der Waals surface area contributed by atoms with Crippen molar-refractivity contribution >= 4 is 39.1 Å².